The number of amides is 2. The quantitative estimate of drug-likeness (QED) is 0.546. The number of rotatable bonds is 8. The molecule has 2 rings (SSSR count). The van der Waals surface area contributed by atoms with Crippen LogP contribution in [-0.2, 0) is 4.79 Å². The molecule has 0 heterocycles. The van der Waals surface area contributed by atoms with Crippen molar-refractivity contribution in [2.24, 2.45) is 11.0 Å². The van der Waals surface area contributed by atoms with Crippen LogP contribution in [0.15, 0.2) is 59.7 Å². The van der Waals surface area contributed by atoms with Gasteiger partial charge in [0.05, 0.1) is 6.21 Å². The summed E-state index contributed by atoms with van der Waals surface area (Å²) in [5, 5.41) is 6.87. The summed E-state index contributed by atoms with van der Waals surface area (Å²) in [6.07, 6.45) is 2.34. The molecule has 0 aliphatic heterocycles. The van der Waals surface area contributed by atoms with Gasteiger partial charge in [-0.25, -0.2) is 5.43 Å². The lowest BCUT2D eigenvalue weighted by Crippen LogP contribution is -2.49. The maximum atomic E-state index is 12.6. The third kappa shape index (κ3) is 5.94. The van der Waals surface area contributed by atoms with E-state index < -0.39 is 6.04 Å². The molecular formula is C22H28N4O2. The van der Waals surface area contributed by atoms with Crippen molar-refractivity contribution in [3.8, 4) is 0 Å². The van der Waals surface area contributed by atoms with Crippen molar-refractivity contribution in [2.45, 2.75) is 26.3 Å². The van der Waals surface area contributed by atoms with Gasteiger partial charge in [0.25, 0.3) is 11.8 Å². The van der Waals surface area contributed by atoms with E-state index in [1.54, 1.807) is 30.5 Å². The molecule has 2 atom stereocenters. The van der Waals surface area contributed by atoms with Crippen LogP contribution < -0.4 is 15.6 Å². The molecule has 0 aliphatic rings. The lowest BCUT2D eigenvalue weighted by Gasteiger charge is -2.22. The maximum Gasteiger partial charge on any atom is 0.262 e. The van der Waals surface area contributed by atoms with E-state index >= 15 is 0 Å². The van der Waals surface area contributed by atoms with Gasteiger partial charge in [-0.05, 0) is 35.7 Å². The summed E-state index contributed by atoms with van der Waals surface area (Å²) in [6, 6.07) is 16.0. The van der Waals surface area contributed by atoms with Gasteiger partial charge < -0.3 is 10.2 Å². The van der Waals surface area contributed by atoms with Gasteiger partial charge in [0.2, 0.25) is 0 Å². The van der Waals surface area contributed by atoms with Crippen molar-refractivity contribution < 1.29 is 9.59 Å². The summed E-state index contributed by atoms with van der Waals surface area (Å²) in [5.41, 5.74) is 5.03. The van der Waals surface area contributed by atoms with Gasteiger partial charge >= 0.3 is 0 Å². The Hall–Kier alpha value is -3.15. The van der Waals surface area contributed by atoms with Crippen molar-refractivity contribution in [1.82, 2.24) is 10.7 Å². The molecule has 0 spiro atoms. The van der Waals surface area contributed by atoms with Gasteiger partial charge in [0.15, 0.2) is 0 Å². The Kier molecular flexibility index (Phi) is 7.75. The molecule has 28 heavy (non-hydrogen) atoms. The first-order chi connectivity index (χ1) is 13.4. The first-order valence-corrected chi connectivity index (χ1v) is 9.38. The van der Waals surface area contributed by atoms with E-state index in [0.717, 1.165) is 17.7 Å². The molecule has 2 N–H and O–H groups in total. The SMILES string of the molecule is CCC(C)C(NC(=O)c1ccccc1)C(=O)NN=Cc1ccc(N(C)C)cc1. The van der Waals surface area contributed by atoms with E-state index in [9.17, 15) is 9.59 Å². The summed E-state index contributed by atoms with van der Waals surface area (Å²) < 4.78 is 0. The zero-order valence-electron chi connectivity index (χ0n) is 16.8. The third-order valence-corrected chi connectivity index (χ3v) is 4.62. The van der Waals surface area contributed by atoms with E-state index in [1.165, 1.54) is 0 Å². The van der Waals surface area contributed by atoms with E-state index in [2.05, 4.69) is 15.8 Å². The second-order valence-corrected chi connectivity index (χ2v) is 6.92. The van der Waals surface area contributed by atoms with Crippen LogP contribution in [0.4, 0.5) is 5.69 Å². The van der Waals surface area contributed by atoms with Crippen molar-refractivity contribution >= 4 is 23.7 Å². The van der Waals surface area contributed by atoms with E-state index in [1.807, 2.05) is 63.2 Å². The summed E-state index contributed by atoms with van der Waals surface area (Å²) in [4.78, 5) is 27.0. The molecule has 2 unspecified atom stereocenters. The molecule has 0 saturated heterocycles. The predicted molar refractivity (Wildman–Crippen MR) is 114 cm³/mol. The number of hydrogen-bond donors (Lipinski definition) is 2. The topological polar surface area (TPSA) is 73.8 Å². The number of nitrogens with one attached hydrogen (secondary N) is 2. The Morgan fingerprint density at radius 2 is 1.71 bits per heavy atom. The van der Waals surface area contributed by atoms with E-state index in [0.29, 0.717) is 5.56 Å². The summed E-state index contributed by atoms with van der Waals surface area (Å²) in [5.74, 6) is -0.633. The average molecular weight is 380 g/mol. The van der Waals surface area contributed by atoms with Crippen LogP contribution in [0.3, 0.4) is 0 Å². The van der Waals surface area contributed by atoms with Gasteiger partial charge in [-0.15, -0.1) is 0 Å². The monoisotopic (exact) mass is 380 g/mol. The van der Waals surface area contributed by atoms with E-state index in [4.69, 9.17) is 0 Å². The number of anilines is 1. The number of nitrogens with zero attached hydrogens (tertiary/aromatic N) is 2. The highest BCUT2D eigenvalue weighted by molar-refractivity contribution is 5.97. The first kappa shape index (κ1) is 21.2. The number of carbonyl (C=O) groups is 2. The molecular weight excluding hydrogens is 352 g/mol. The van der Waals surface area contributed by atoms with Crippen LogP contribution in [-0.4, -0.2) is 38.2 Å². The molecule has 6 heteroatoms. The fraction of sp³-hybridized carbons (Fsp3) is 0.318. The second kappa shape index (κ2) is 10.3. The van der Waals surface area contributed by atoms with E-state index in [-0.39, 0.29) is 17.7 Å². The molecule has 0 fully saturated rings. The molecule has 2 amide bonds. The number of hydrazone groups is 1. The first-order valence-electron chi connectivity index (χ1n) is 9.38. The second-order valence-electron chi connectivity index (χ2n) is 6.92. The van der Waals surface area contributed by atoms with Crippen molar-refractivity contribution in [1.29, 1.82) is 0 Å². The highest BCUT2D eigenvalue weighted by Gasteiger charge is 2.26. The normalized spacial score (nSPS) is 13.0. The summed E-state index contributed by atoms with van der Waals surface area (Å²) in [7, 11) is 3.95. The lowest BCUT2D eigenvalue weighted by atomic mass is 9.98. The number of hydrogen-bond acceptors (Lipinski definition) is 4. The smallest absolute Gasteiger partial charge is 0.262 e. The van der Waals surface area contributed by atoms with Crippen LogP contribution in [0.5, 0.6) is 0 Å². The Morgan fingerprint density at radius 1 is 1.07 bits per heavy atom. The summed E-state index contributed by atoms with van der Waals surface area (Å²) >= 11 is 0. The Labute approximate surface area is 166 Å². The molecule has 148 valence electrons. The standard InChI is InChI=1S/C22H28N4O2/c1-5-16(2)20(24-21(27)18-9-7-6-8-10-18)22(28)25-23-15-17-11-13-19(14-12-17)26(3)4/h6-16,20H,5H2,1-4H3,(H,24,27)(H,25,28). The largest absolute Gasteiger partial charge is 0.378 e. The predicted octanol–water partition coefficient (Wildman–Crippen LogP) is 3.05. The van der Waals surface area contributed by atoms with Crippen molar-refractivity contribution in [3.05, 3.63) is 65.7 Å². The van der Waals surface area contributed by atoms with Crippen LogP contribution in [0.1, 0.15) is 36.2 Å². The molecule has 0 radical (unpaired) electrons. The minimum atomic E-state index is -0.661. The zero-order chi connectivity index (χ0) is 20.5. The van der Waals surface area contributed by atoms with Crippen molar-refractivity contribution in [2.75, 3.05) is 19.0 Å². The maximum absolute atomic E-state index is 12.6. The highest BCUT2D eigenvalue weighted by Crippen LogP contribution is 2.11. The van der Waals surface area contributed by atoms with Crippen LogP contribution in [0.2, 0.25) is 0 Å². The Balaban J connectivity index is 2.01. The molecule has 2 aromatic carbocycles. The molecule has 0 aliphatic carbocycles. The summed E-state index contributed by atoms with van der Waals surface area (Å²) in [6.45, 7) is 3.91. The Bertz CT molecular complexity index is 801. The average Bonchev–Trinajstić information content (AvgIpc) is 2.72. The minimum Gasteiger partial charge on any atom is -0.378 e. The lowest BCUT2D eigenvalue weighted by molar-refractivity contribution is -0.124. The molecule has 6 nitrogen and oxygen atoms in total. The molecule has 2 aromatic rings. The van der Waals surface area contributed by atoms with Gasteiger partial charge in [0.1, 0.15) is 6.04 Å². The van der Waals surface area contributed by atoms with Gasteiger partial charge in [-0.3, -0.25) is 9.59 Å². The van der Waals surface area contributed by atoms with Gasteiger partial charge in [-0.1, -0.05) is 50.6 Å². The van der Waals surface area contributed by atoms with Gasteiger partial charge in [-0.2, -0.15) is 5.10 Å². The fourth-order valence-electron chi connectivity index (χ4n) is 2.61. The number of carbonyl (C=O) groups excluding carboxylic acids is 2. The minimum absolute atomic E-state index is 0.0257. The molecule has 0 bridgehead atoms. The van der Waals surface area contributed by atoms with Crippen LogP contribution in [0, 0.1) is 5.92 Å². The van der Waals surface area contributed by atoms with Gasteiger partial charge in [0, 0.05) is 25.3 Å². The van der Waals surface area contributed by atoms with Crippen LogP contribution >= 0.6 is 0 Å². The zero-order valence-corrected chi connectivity index (χ0v) is 16.8. The highest BCUT2D eigenvalue weighted by atomic mass is 16.2. The molecule has 0 saturated carbocycles. The Morgan fingerprint density at radius 3 is 2.29 bits per heavy atom. The number of benzene rings is 2. The van der Waals surface area contributed by atoms with Crippen molar-refractivity contribution in [3.63, 3.8) is 0 Å². The van der Waals surface area contributed by atoms with Crippen LogP contribution in [0.25, 0.3) is 0 Å². The third-order valence-electron chi connectivity index (χ3n) is 4.62. The fourth-order valence-corrected chi connectivity index (χ4v) is 2.61. The molecule has 0 aromatic heterocycles.